The Morgan fingerprint density at radius 3 is 2.42 bits per heavy atom. The summed E-state index contributed by atoms with van der Waals surface area (Å²) in [7, 11) is 3.11. The number of rotatable bonds is 9. The number of nitrogens with zero attached hydrogens (tertiary/aromatic N) is 1. The van der Waals surface area contributed by atoms with E-state index in [1.54, 1.807) is 33.3 Å². The lowest BCUT2D eigenvalue weighted by Crippen LogP contribution is -2.14. The molecule has 0 aliphatic heterocycles. The molecule has 0 spiro atoms. The highest BCUT2D eigenvalue weighted by Gasteiger charge is 2.18. The fourth-order valence-corrected chi connectivity index (χ4v) is 4.01. The van der Waals surface area contributed by atoms with Gasteiger partial charge in [0, 0.05) is 10.4 Å². The zero-order chi connectivity index (χ0) is 22.2. The van der Waals surface area contributed by atoms with Crippen LogP contribution in [0.15, 0.2) is 48.5 Å². The quantitative estimate of drug-likeness (QED) is 0.504. The molecule has 2 aromatic carbocycles. The number of benzene rings is 2. The molecule has 1 aromatic heterocycles. The third kappa shape index (κ3) is 5.82. The highest BCUT2D eigenvalue weighted by molar-refractivity contribution is 7.16. The number of amides is 1. The molecule has 0 fully saturated rings. The Hall–Kier alpha value is -3.39. The zero-order valence-corrected chi connectivity index (χ0v) is 18.5. The Balaban J connectivity index is 1.78. The molecule has 3 rings (SSSR count). The van der Waals surface area contributed by atoms with Crippen molar-refractivity contribution in [2.24, 2.45) is 0 Å². The number of ether oxygens (including phenoxy) is 3. The fraction of sp³-hybridized carbons (Fsp3) is 0.261. The number of aromatic nitrogens is 1. The second kappa shape index (κ2) is 10.6. The third-order valence-corrected chi connectivity index (χ3v) is 5.38. The molecule has 162 valence electrons. The molecule has 0 radical (unpaired) electrons. The van der Waals surface area contributed by atoms with Gasteiger partial charge in [-0.3, -0.25) is 9.59 Å². The van der Waals surface area contributed by atoms with E-state index in [9.17, 15) is 9.59 Å². The molecule has 1 heterocycles. The second-order valence-electron chi connectivity index (χ2n) is 6.55. The largest absolute Gasteiger partial charge is 0.493 e. The molecule has 1 amide bonds. The predicted octanol–water partition coefficient (Wildman–Crippen LogP) is 4.11. The summed E-state index contributed by atoms with van der Waals surface area (Å²) in [5.41, 5.74) is 2.32. The molecular formula is C23H24N2O5S. The van der Waals surface area contributed by atoms with Crippen LogP contribution in [0.1, 0.15) is 17.4 Å². The number of nitrogens with one attached hydrogen (secondary N) is 1. The second-order valence-corrected chi connectivity index (χ2v) is 7.64. The number of carbonyl (C=O) groups is 2. The Bertz CT molecular complexity index is 1050. The monoisotopic (exact) mass is 440 g/mol. The van der Waals surface area contributed by atoms with Crippen LogP contribution in [0.5, 0.6) is 11.5 Å². The lowest BCUT2D eigenvalue weighted by atomic mass is 10.1. The van der Waals surface area contributed by atoms with Crippen LogP contribution in [0, 0.1) is 0 Å². The van der Waals surface area contributed by atoms with E-state index in [1.165, 1.54) is 11.3 Å². The molecule has 3 aromatic rings. The lowest BCUT2D eigenvalue weighted by molar-refractivity contribution is -0.142. The molecule has 31 heavy (non-hydrogen) atoms. The number of anilines is 1. The van der Waals surface area contributed by atoms with Gasteiger partial charge in [-0.05, 0) is 24.6 Å². The number of carbonyl (C=O) groups excluding carboxylic acids is 2. The molecule has 7 nitrogen and oxygen atoms in total. The minimum atomic E-state index is -0.327. The van der Waals surface area contributed by atoms with Crippen molar-refractivity contribution in [1.82, 2.24) is 4.98 Å². The van der Waals surface area contributed by atoms with Crippen molar-refractivity contribution in [1.29, 1.82) is 0 Å². The molecule has 0 saturated heterocycles. The van der Waals surface area contributed by atoms with Gasteiger partial charge in [-0.25, -0.2) is 4.98 Å². The lowest BCUT2D eigenvalue weighted by Gasteiger charge is -2.09. The first-order chi connectivity index (χ1) is 15.0. The van der Waals surface area contributed by atoms with Crippen LogP contribution in [0.4, 0.5) is 5.13 Å². The maximum absolute atomic E-state index is 12.6. The van der Waals surface area contributed by atoms with Gasteiger partial charge in [0.15, 0.2) is 16.6 Å². The van der Waals surface area contributed by atoms with E-state index in [4.69, 9.17) is 14.2 Å². The summed E-state index contributed by atoms with van der Waals surface area (Å²) in [6.45, 7) is 2.08. The Labute approximate surface area is 185 Å². The van der Waals surface area contributed by atoms with Gasteiger partial charge in [-0.2, -0.15) is 0 Å². The van der Waals surface area contributed by atoms with Crippen LogP contribution in [-0.2, 0) is 27.2 Å². The van der Waals surface area contributed by atoms with Crippen molar-refractivity contribution in [2.45, 2.75) is 19.8 Å². The molecule has 1 N–H and O–H groups in total. The van der Waals surface area contributed by atoms with Gasteiger partial charge in [0.2, 0.25) is 5.91 Å². The Morgan fingerprint density at radius 2 is 1.74 bits per heavy atom. The van der Waals surface area contributed by atoms with E-state index >= 15 is 0 Å². The number of hydrogen-bond acceptors (Lipinski definition) is 7. The summed E-state index contributed by atoms with van der Waals surface area (Å²) in [5.74, 6) is 0.614. The minimum Gasteiger partial charge on any atom is -0.493 e. The summed E-state index contributed by atoms with van der Waals surface area (Å²) >= 11 is 1.27. The van der Waals surface area contributed by atoms with Crippen molar-refractivity contribution in [3.8, 4) is 22.8 Å². The molecule has 0 atom stereocenters. The van der Waals surface area contributed by atoms with Crippen LogP contribution in [0.3, 0.4) is 0 Å². The van der Waals surface area contributed by atoms with Gasteiger partial charge >= 0.3 is 5.97 Å². The average molecular weight is 441 g/mol. The standard InChI is InChI=1S/C23H24N2O5S/c1-4-30-21(27)14-19-22(16-8-6-5-7-9-16)25-23(31-19)24-20(26)13-15-10-11-17(28-2)18(12-15)29-3/h5-12H,4,13-14H2,1-3H3,(H,24,25,26). The topological polar surface area (TPSA) is 86.8 Å². The van der Waals surface area contributed by atoms with E-state index in [0.717, 1.165) is 16.0 Å². The van der Waals surface area contributed by atoms with Crippen LogP contribution < -0.4 is 14.8 Å². The first kappa shape index (κ1) is 22.3. The first-order valence-corrected chi connectivity index (χ1v) is 10.6. The van der Waals surface area contributed by atoms with E-state index in [-0.39, 0.29) is 24.7 Å². The summed E-state index contributed by atoms with van der Waals surface area (Å²) < 4.78 is 15.6. The number of esters is 1. The molecule has 8 heteroatoms. The highest BCUT2D eigenvalue weighted by atomic mass is 32.1. The SMILES string of the molecule is CCOC(=O)Cc1sc(NC(=O)Cc2ccc(OC)c(OC)c2)nc1-c1ccccc1. The van der Waals surface area contributed by atoms with Crippen molar-refractivity contribution in [3.63, 3.8) is 0 Å². The maximum Gasteiger partial charge on any atom is 0.311 e. The van der Waals surface area contributed by atoms with E-state index in [1.807, 2.05) is 36.4 Å². The van der Waals surface area contributed by atoms with Crippen LogP contribution >= 0.6 is 11.3 Å². The van der Waals surface area contributed by atoms with Crippen molar-refractivity contribution in [2.75, 3.05) is 26.1 Å². The van der Waals surface area contributed by atoms with Gasteiger partial charge in [0.05, 0.1) is 39.4 Å². The summed E-state index contributed by atoms with van der Waals surface area (Å²) in [4.78, 5) is 30.0. The van der Waals surface area contributed by atoms with Gasteiger partial charge in [-0.1, -0.05) is 36.4 Å². The first-order valence-electron chi connectivity index (χ1n) is 9.75. The molecular weight excluding hydrogens is 416 g/mol. The summed E-state index contributed by atoms with van der Waals surface area (Å²) in [6.07, 6.45) is 0.245. The van der Waals surface area contributed by atoms with Crippen LogP contribution in [-0.4, -0.2) is 37.7 Å². The van der Waals surface area contributed by atoms with E-state index in [2.05, 4.69) is 10.3 Å². The van der Waals surface area contributed by atoms with E-state index < -0.39 is 0 Å². The Morgan fingerprint density at radius 1 is 1.00 bits per heavy atom. The van der Waals surface area contributed by atoms with Gasteiger partial charge < -0.3 is 19.5 Å². The van der Waals surface area contributed by atoms with Crippen molar-refractivity contribution < 1.29 is 23.8 Å². The van der Waals surface area contributed by atoms with Gasteiger partial charge in [0.1, 0.15) is 0 Å². The fourth-order valence-electron chi connectivity index (χ4n) is 3.03. The number of thiazole rings is 1. The zero-order valence-electron chi connectivity index (χ0n) is 17.6. The molecule has 0 bridgehead atoms. The number of hydrogen-bond donors (Lipinski definition) is 1. The normalized spacial score (nSPS) is 10.4. The Kier molecular flexibility index (Phi) is 7.61. The van der Waals surface area contributed by atoms with Crippen molar-refractivity contribution >= 4 is 28.3 Å². The summed E-state index contributed by atoms with van der Waals surface area (Å²) in [6, 6.07) is 14.9. The number of methoxy groups -OCH3 is 2. The van der Waals surface area contributed by atoms with E-state index in [0.29, 0.717) is 28.9 Å². The van der Waals surface area contributed by atoms with Crippen LogP contribution in [0.25, 0.3) is 11.3 Å². The van der Waals surface area contributed by atoms with Crippen LogP contribution in [0.2, 0.25) is 0 Å². The smallest absolute Gasteiger partial charge is 0.311 e. The highest BCUT2D eigenvalue weighted by Crippen LogP contribution is 2.32. The predicted molar refractivity (Wildman–Crippen MR) is 120 cm³/mol. The molecule has 0 unspecified atom stereocenters. The molecule has 0 aliphatic rings. The van der Waals surface area contributed by atoms with Gasteiger partial charge in [-0.15, -0.1) is 11.3 Å². The van der Waals surface area contributed by atoms with Crippen molar-refractivity contribution in [3.05, 3.63) is 59.0 Å². The third-order valence-electron chi connectivity index (χ3n) is 4.41. The molecule has 0 saturated carbocycles. The minimum absolute atomic E-state index is 0.0985. The summed E-state index contributed by atoms with van der Waals surface area (Å²) in [5, 5.41) is 3.27. The average Bonchev–Trinajstić information content (AvgIpc) is 3.16. The molecule has 0 aliphatic carbocycles. The van der Waals surface area contributed by atoms with Gasteiger partial charge in [0.25, 0.3) is 0 Å². The maximum atomic E-state index is 12.6.